The molecule has 0 radical (unpaired) electrons. The second-order valence-electron chi connectivity index (χ2n) is 9.10. The van der Waals surface area contributed by atoms with E-state index in [-0.39, 0.29) is 17.5 Å². The van der Waals surface area contributed by atoms with Crippen molar-refractivity contribution in [3.63, 3.8) is 0 Å². The first-order valence-corrected chi connectivity index (χ1v) is 12.6. The van der Waals surface area contributed by atoms with E-state index in [4.69, 9.17) is 21.4 Å². The summed E-state index contributed by atoms with van der Waals surface area (Å²) in [5, 5.41) is 16.0. The molecule has 0 aliphatic carbocycles. The van der Waals surface area contributed by atoms with Crippen LogP contribution >= 0.6 is 12.2 Å². The third-order valence-electron chi connectivity index (χ3n) is 6.53. The predicted octanol–water partition coefficient (Wildman–Crippen LogP) is 5.49. The van der Waals surface area contributed by atoms with Gasteiger partial charge in [0.15, 0.2) is 5.11 Å². The molecular weight excluding hydrogens is 516 g/mol. The Morgan fingerprint density at radius 2 is 1.95 bits per heavy atom. The van der Waals surface area contributed by atoms with Crippen LogP contribution in [-0.4, -0.2) is 34.2 Å². The van der Waals surface area contributed by atoms with Crippen LogP contribution in [0.25, 0.3) is 11.3 Å². The van der Waals surface area contributed by atoms with Gasteiger partial charge in [-0.1, -0.05) is 12.1 Å². The molecular formula is C29H26N4O5S. The van der Waals surface area contributed by atoms with Crippen molar-refractivity contribution in [3.8, 4) is 17.1 Å². The molecule has 3 heterocycles. The Morgan fingerprint density at radius 1 is 1.13 bits per heavy atom. The Balaban J connectivity index is 1.60. The molecule has 1 fully saturated rings. The van der Waals surface area contributed by atoms with E-state index in [0.29, 0.717) is 28.1 Å². The second-order valence-corrected chi connectivity index (χ2v) is 9.49. The SMILES string of the molecule is COc1ccc(N2C(=S)N[C@H](c3ccccn3)[C@@H]2c2ccc(-c3ccc(C(=O)O)cc3C)o2)cc1NC(C)=O. The van der Waals surface area contributed by atoms with Gasteiger partial charge in [0.1, 0.15) is 23.3 Å². The third-order valence-corrected chi connectivity index (χ3v) is 6.84. The Labute approximate surface area is 230 Å². The van der Waals surface area contributed by atoms with Crippen LogP contribution in [0.4, 0.5) is 11.4 Å². The topological polar surface area (TPSA) is 117 Å². The van der Waals surface area contributed by atoms with E-state index in [1.165, 1.54) is 14.0 Å². The Hall–Kier alpha value is -4.70. The molecule has 0 saturated carbocycles. The van der Waals surface area contributed by atoms with E-state index >= 15 is 0 Å². The summed E-state index contributed by atoms with van der Waals surface area (Å²) in [6.45, 7) is 3.28. The van der Waals surface area contributed by atoms with Crippen molar-refractivity contribution < 1.29 is 23.8 Å². The number of carbonyl (C=O) groups is 2. The molecule has 2 aromatic carbocycles. The highest BCUT2D eigenvalue weighted by Gasteiger charge is 2.43. The summed E-state index contributed by atoms with van der Waals surface area (Å²) in [6.07, 6.45) is 1.73. The quantitative estimate of drug-likeness (QED) is 0.261. The number of nitrogens with one attached hydrogen (secondary N) is 2. The van der Waals surface area contributed by atoms with Crippen LogP contribution in [0.2, 0.25) is 0 Å². The molecule has 1 amide bonds. The molecule has 2 aromatic heterocycles. The molecule has 4 aromatic rings. The van der Waals surface area contributed by atoms with Gasteiger partial charge in [-0.2, -0.15) is 0 Å². The van der Waals surface area contributed by atoms with Crippen molar-refractivity contribution in [3.05, 3.63) is 95.5 Å². The molecule has 0 bridgehead atoms. The summed E-state index contributed by atoms with van der Waals surface area (Å²) in [5.74, 6) is 0.542. The van der Waals surface area contributed by atoms with Gasteiger partial charge in [0.2, 0.25) is 5.91 Å². The van der Waals surface area contributed by atoms with Gasteiger partial charge in [-0.25, -0.2) is 4.79 Å². The number of aromatic carboxylic acids is 1. The minimum Gasteiger partial charge on any atom is -0.495 e. The third kappa shape index (κ3) is 5.06. The van der Waals surface area contributed by atoms with E-state index in [2.05, 4.69) is 15.6 Å². The fourth-order valence-electron chi connectivity index (χ4n) is 4.78. The fraction of sp³-hybridized carbons (Fsp3) is 0.172. The first-order chi connectivity index (χ1) is 18.8. The highest BCUT2D eigenvalue weighted by atomic mass is 32.1. The molecule has 1 aliphatic heterocycles. The molecule has 10 heteroatoms. The maximum atomic E-state index is 11.9. The lowest BCUT2D eigenvalue weighted by atomic mass is 10.0. The van der Waals surface area contributed by atoms with Crippen molar-refractivity contribution in [2.24, 2.45) is 0 Å². The summed E-state index contributed by atoms with van der Waals surface area (Å²) in [7, 11) is 1.54. The smallest absolute Gasteiger partial charge is 0.335 e. The zero-order chi connectivity index (χ0) is 27.7. The number of amides is 1. The standard InChI is InChI=1S/C29H26N4O5S/c1-16-14-18(28(35)36)7-9-20(16)23-11-12-25(38-23)27-26(21-6-4-5-13-30-21)32-29(39)33(27)19-8-10-24(37-3)22(15-19)31-17(2)34/h4-15,26-27H,1-3H3,(H,31,34)(H,32,39)(H,35,36)/t26-,27+/m1/s1. The number of methoxy groups -OCH3 is 1. The van der Waals surface area contributed by atoms with Gasteiger partial charge in [0.05, 0.1) is 30.1 Å². The normalized spacial score (nSPS) is 16.6. The number of anilines is 2. The highest BCUT2D eigenvalue weighted by molar-refractivity contribution is 7.80. The number of carboxylic acid groups (broad SMARTS) is 1. The minimum atomic E-state index is -0.984. The summed E-state index contributed by atoms with van der Waals surface area (Å²) < 4.78 is 11.8. The van der Waals surface area contributed by atoms with Gasteiger partial charge in [-0.3, -0.25) is 9.78 Å². The highest BCUT2D eigenvalue weighted by Crippen LogP contribution is 2.44. The molecule has 0 unspecified atom stereocenters. The molecule has 5 rings (SSSR count). The maximum absolute atomic E-state index is 11.9. The molecule has 9 nitrogen and oxygen atoms in total. The van der Waals surface area contributed by atoms with E-state index in [0.717, 1.165) is 22.5 Å². The van der Waals surface area contributed by atoms with Crippen LogP contribution < -0.4 is 20.3 Å². The minimum absolute atomic E-state index is 0.212. The van der Waals surface area contributed by atoms with E-state index in [9.17, 15) is 14.7 Å². The number of aryl methyl sites for hydroxylation is 1. The average Bonchev–Trinajstić information content (AvgIpc) is 3.53. The largest absolute Gasteiger partial charge is 0.495 e. The van der Waals surface area contributed by atoms with Crippen molar-refractivity contribution >= 4 is 40.6 Å². The van der Waals surface area contributed by atoms with Crippen LogP contribution in [0.3, 0.4) is 0 Å². The van der Waals surface area contributed by atoms with Crippen LogP contribution in [-0.2, 0) is 4.79 Å². The Kier molecular flexibility index (Phi) is 7.03. The molecule has 1 aliphatic rings. The van der Waals surface area contributed by atoms with Crippen molar-refractivity contribution in [2.45, 2.75) is 25.9 Å². The average molecular weight is 543 g/mol. The second kappa shape index (κ2) is 10.6. The lowest BCUT2D eigenvalue weighted by molar-refractivity contribution is -0.114. The molecule has 2 atom stereocenters. The van der Waals surface area contributed by atoms with Gasteiger partial charge < -0.3 is 29.8 Å². The lowest BCUT2D eigenvalue weighted by Gasteiger charge is -2.27. The summed E-state index contributed by atoms with van der Waals surface area (Å²) in [5.41, 5.74) is 3.80. The molecule has 0 spiro atoms. The number of pyridine rings is 1. The number of carboxylic acids is 1. The number of hydrogen-bond acceptors (Lipinski definition) is 6. The van der Waals surface area contributed by atoms with Crippen LogP contribution in [0.1, 0.15) is 46.4 Å². The van der Waals surface area contributed by atoms with Crippen molar-refractivity contribution in [2.75, 3.05) is 17.3 Å². The first-order valence-electron chi connectivity index (χ1n) is 12.2. The molecule has 198 valence electrons. The lowest BCUT2D eigenvalue weighted by Crippen LogP contribution is -2.29. The first kappa shape index (κ1) is 25.9. The van der Waals surface area contributed by atoms with Gasteiger partial charge in [-0.15, -0.1) is 0 Å². The Morgan fingerprint density at radius 3 is 2.62 bits per heavy atom. The predicted molar refractivity (Wildman–Crippen MR) is 151 cm³/mol. The number of rotatable bonds is 7. The number of aromatic nitrogens is 1. The van der Waals surface area contributed by atoms with Gasteiger partial charge in [-0.05, 0) is 79.3 Å². The van der Waals surface area contributed by atoms with E-state index in [1.54, 1.807) is 36.5 Å². The monoisotopic (exact) mass is 542 g/mol. The molecule has 39 heavy (non-hydrogen) atoms. The van der Waals surface area contributed by atoms with Gasteiger partial charge in [0, 0.05) is 24.4 Å². The zero-order valence-electron chi connectivity index (χ0n) is 21.5. The van der Waals surface area contributed by atoms with Gasteiger partial charge in [0.25, 0.3) is 0 Å². The number of benzene rings is 2. The van der Waals surface area contributed by atoms with Crippen LogP contribution in [0, 0.1) is 6.92 Å². The van der Waals surface area contributed by atoms with Crippen LogP contribution in [0.5, 0.6) is 5.75 Å². The zero-order valence-corrected chi connectivity index (χ0v) is 22.3. The number of furan rings is 1. The number of hydrogen-bond donors (Lipinski definition) is 3. The fourth-order valence-corrected chi connectivity index (χ4v) is 5.13. The van der Waals surface area contributed by atoms with E-state index in [1.807, 2.05) is 48.2 Å². The number of thiocarbonyl (C=S) groups is 1. The van der Waals surface area contributed by atoms with Crippen molar-refractivity contribution in [1.29, 1.82) is 0 Å². The number of ether oxygens (including phenoxy) is 1. The number of nitrogens with zero attached hydrogens (tertiary/aromatic N) is 2. The molecule has 1 saturated heterocycles. The maximum Gasteiger partial charge on any atom is 0.335 e. The van der Waals surface area contributed by atoms with Crippen molar-refractivity contribution in [1.82, 2.24) is 10.3 Å². The summed E-state index contributed by atoms with van der Waals surface area (Å²) >= 11 is 5.80. The van der Waals surface area contributed by atoms with E-state index < -0.39 is 12.0 Å². The van der Waals surface area contributed by atoms with Crippen LogP contribution in [0.15, 0.2) is 77.3 Å². The Bertz CT molecular complexity index is 1570. The molecule has 3 N–H and O–H groups in total. The summed E-state index contributed by atoms with van der Waals surface area (Å²) in [6, 6.07) is 19.1. The number of carbonyl (C=O) groups excluding carboxylic acids is 1. The van der Waals surface area contributed by atoms with Gasteiger partial charge >= 0.3 is 5.97 Å². The summed E-state index contributed by atoms with van der Waals surface area (Å²) in [4.78, 5) is 29.7.